The van der Waals surface area contributed by atoms with Crippen LogP contribution in [0.25, 0.3) is 0 Å². The molecular weight excluding hydrogens is 394 g/mol. The molecule has 0 aliphatic rings. The van der Waals surface area contributed by atoms with Gasteiger partial charge in [0.2, 0.25) is 5.75 Å². The van der Waals surface area contributed by atoms with Crippen molar-refractivity contribution in [3.63, 3.8) is 0 Å². The number of benzene rings is 2. The standard InChI is InChI=1S/C25H37NO5/c1-19(2)20(31-24-14-8-13-23(28-4)25(24)29-5)15-9-16-26-17-10-18-30-22-12-7-6-11-21(22)27-3/h6-8,11-14,19-20,26H,9-10,15-18H2,1-5H3. The van der Waals surface area contributed by atoms with Gasteiger partial charge in [-0.1, -0.05) is 32.0 Å². The minimum absolute atomic E-state index is 0.108. The SMILES string of the molecule is COc1ccccc1OCCCNCCCC(Oc1cccc(OC)c1OC)C(C)C. The molecule has 0 heterocycles. The molecule has 0 fully saturated rings. The molecule has 172 valence electrons. The predicted octanol–water partition coefficient (Wildman–Crippen LogP) is 4.95. The number of methoxy groups -OCH3 is 3. The van der Waals surface area contributed by atoms with Crippen molar-refractivity contribution >= 4 is 0 Å². The predicted molar refractivity (Wildman–Crippen MR) is 124 cm³/mol. The largest absolute Gasteiger partial charge is 0.493 e. The van der Waals surface area contributed by atoms with Gasteiger partial charge in [0.15, 0.2) is 23.0 Å². The minimum atomic E-state index is 0.108. The zero-order valence-electron chi connectivity index (χ0n) is 19.5. The van der Waals surface area contributed by atoms with Crippen molar-refractivity contribution in [3.05, 3.63) is 42.5 Å². The average molecular weight is 432 g/mol. The number of para-hydroxylation sites is 3. The Morgan fingerprint density at radius 1 is 0.742 bits per heavy atom. The van der Waals surface area contributed by atoms with Crippen molar-refractivity contribution in [2.75, 3.05) is 41.0 Å². The summed E-state index contributed by atoms with van der Waals surface area (Å²) < 4.78 is 28.3. The van der Waals surface area contributed by atoms with Crippen molar-refractivity contribution in [3.8, 4) is 28.7 Å². The first kappa shape index (κ1) is 24.7. The minimum Gasteiger partial charge on any atom is -0.493 e. The summed E-state index contributed by atoms with van der Waals surface area (Å²) in [7, 11) is 4.92. The van der Waals surface area contributed by atoms with Gasteiger partial charge in [0.25, 0.3) is 0 Å². The first-order valence-electron chi connectivity index (χ1n) is 10.9. The maximum absolute atomic E-state index is 6.29. The maximum Gasteiger partial charge on any atom is 0.203 e. The lowest BCUT2D eigenvalue weighted by molar-refractivity contribution is 0.133. The van der Waals surface area contributed by atoms with Crippen LogP contribution in [-0.2, 0) is 0 Å². The third-order valence-corrected chi connectivity index (χ3v) is 5.06. The van der Waals surface area contributed by atoms with Crippen LogP contribution in [0.4, 0.5) is 0 Å². The van der Waals surface area contributed by atoms with Gasteiger partial charge in [-0.25, -0.2) is 0 Å². The highest BCUT2D eigenvalue weighted by molar-refractivity contribution is 5.51. The molecule has 1 unspecified atom stereocenters. The zero-order chi connectivity index (χ0) is 22.5. The molecule has 31 heavy (non-hydrogen) atoms. The summed E-state index contributed by atoms with van der Waals surface area (Å²) in [4.78, 5) is 0. The second-order valence-corrected chi connectivity index (χ2v) is 7.64. The highest BCUT2D eigenvalue weighted by Gasteiger charge is 2.19. The monoisotopic (exact) mass is 431 g/mol. The molecule has 0 spiro atoms. The van der Waals surface area contributed by atoms with Crippen LogP contribution in [-0.4, -0.2) is 47.1 Å². The summed E-state index contributed by atoms with van der Waals surface area (Å²) in [6.45, 7) is 6.86. The Bertz CT molecular complexity index is 765. The fourth-order valence-electron chi connectivity index (χ4n) is 3.31. The van der Waals surface area contributed by atoms with Gasteiger partial charge in [-0.3, -0.25) is 0 Å². The van der Waals surface area contributed by atoms with E-state index in [1.165, 1.54) is 0 Å². The molecule has 0 saturated heterocycles. The van der Waals surface area contributed by atoms with Crippen LogP contribution < -0.4 is 29.0 Å². The number of ether oxygens (including phenoxy) is 5. The maximum atomic E-state index is 6.29. The van der Waals surface area contributed by atoms with Gasteiger partial charge in [-0.15, -0.1) is 0 Å². The molecule has 6 nitrogen and oxygen atoms in total. The van der Waals surface area contributed by atoms with Gasteiger partial charge >= 0.3 is 0 Å². The van der Waals surface area contributed by atoms with Crippen molar-refractivity contribution in [1.82, 2.24) is 5.32 Å². The van der Waals surface area contributed by atoms with Gasteiger partial charge < -0.3 is 29.0 Å². The zero-order valence-corrected chi connectivity index (χ0v) is 19.5. The Kier molecular flexibility index (Phi) is 10.9. The number of rotatable bonds is 15. The topological polar surface area (TPSA) is 58.2 Å². The molecule has 0 amide bonds. The summed E-state index contributed by atoms with van der Waals surface area (Å²) in [5.74, 6) is 3.99. The van der Waals surface area contributed by atoms with Crippen LogP contribution in [0.2, 0.25) is 0 Å². The van der Waals surface area contributed by atoms with E-state index in [1.54, 1.807) is 21.3 Å². The summed E-state index contributed by atoms with van der Waals surface area (Å²) in [5, 5.41) is 3.49. The van der Waals surface area contributed by atoms with E-state index in [1.807, 2.05) is 42.5 Å². The lowest BCUT2D eigenvalue weighted by atomic mass is 10.0. The highest BCUT2D eigenvalue weighted by Crippen LogP contribution is 2.38. The number of nitrogens with one attached hydrogen (secondary N) is 1. The third kappa shape index (κ3) is 7.87. The molecule has 0 radical (unpaired) electrons. The molecule has 0 aromatic heterocycles. The lowest BCUT2D eigenvalue weighted by Gasteiger charge is -2.24. The molecule has 1 atom stereocenters. The van der Waals surface area contributed by atoms with Crippen LogP contribution in [0.3, 0.4) is 0 Å². The van der Waals surface area contributed by atoms with Gasteiger partial charge in [0, 0.05) is 0 Å². The summed E-state index contributed by atoms with van der Waals surface area (Å²) in [6, 6.07) is 13.4. The van der Waals surface area contributed by atoms with Gasteiger partial charge in [-0.2, -0.15) is 0 Å². The second-order valence-electron chi connectivity index (χ2n) is 7.64. The van der Waals surface area contributed by atoms with Crippen LogP contribution >= 0.6 is 0 Å². The molecular formula is C25H37NO5. The van der Waals surface area contributed by atoms with Gasteiger partial charge in [0.1, 0.15) is 6.10 Å². The highest BCUT2D eigenvalue weighted by atomic mass is 16.5. The summed E-state index contributed by atoms with van der Waals surface area (Å²) >= 11 is 0. The Morgan fingerprint density at radius 3 is 2.06 bits per heavy atom. The van der Waals surface area contributed by atoms with Crippen LogP contribution in [0.5, 0.6) is 28.7 Å². The van der Waals surface area contributed by atoms with E-state index in [0.29, 0.717) is 24.0 Å². The molecule has 1 N–H and O–H groups in total. The molecule has 2 rings (SSSR count). The molecule has 0 saturated carbocycles. The van der Waals surface area contributed by atoms with E-state index in [4.69, 9.17) is 23.7 Å². The van der Waals surface area contributed by atoms with Crippen molar-refractivity contribution in [2.24, 2.45) is 5.92 Å². The molecule has 0 aliphatic carbocycles. The normalized spacial score (nSPS) is 11.8. The fraction of sp³-hybridized carbons (Fsp3) is 0.520. The van der Waals surface area contributed by atoms with Crippen molar-refractivity contribution < 1.29 is 23.7 Å². The molecule has 0 aliphatic heterocycles. The Hall–Kier alpha value is -2.60. The van der Waals surface area contributed by atoms with Gasteiger partial charge in [-0.05, 0) is 62.5 Å². The van der Waals surface area contributed by atoms with E-state index in [2.05, 4.69) is 19.2 Å². The molecule has 0 bridgehead atoms. The Balaban J connectivity index is 1.69. The summed E-state index contributed by atoms with van der Waals surface area (Å²) in [5.41, 5.74) is 0. The first-order valence-corrected chi connectivity index (χ1v) is 10.9. The molecule has 2 aromatic rings. The van der Waals surface area contributed by atoms with Crippen LogP contribution in [0.15, 0.2) is 42.5 Å². The summed E-state index contributed by atoms with van der Waals surface area (Å²) in [6.07, 6.45) is 3.03. The fourth-order valence-corrected chi connectivity index (χ4v) is 3.31. The Morgan fingerprint density at radius 2 is 1.39 bits per heavy atom. The van der Waals surface area contributed by atoms with Crippen molar-refractivity contribution in [1.29, 1.82) is 0 Å². The number of hydrogen-bond donors (Lipinski definition) is 1. The van der Waals surface area contributed by atoms with Crippen LogP contribution in [0.1, 0.15) is 33.1 Å². The van der Waals surface area contributed by atoms with E-state index in [0.717, 1.165) is 49.6 Å². The van der Waals surface area contributed by atoms with Crippen molar-refractivity contribution in [2.45, 2.75) is 39.2 Å². The average Bonchev–Trinajstić information content (AvgIpc) is 2.79. The smallest absolute Gasteiger partial charge is 0.203 e. The van der Waals surface area contributed by atoms with E-state index < -0.39 is 0 Å². The van der Waals surface area contributed by atoms with Crippen LogP contribution in [0, 0.1) is 5.92 Å². The Labute approximate surface area is 186 Å². The third-order valence-electron chi connectivity index (χ3n) is 5.06. The van der Waals surface area contributed by atoms with E-state index in [9.17, 15) is 0 Å². The second kappa shape index (κ2) is 13.7. The lowest BCUT2D eigenvalue weighted by Crippen LogP contribution is -2.26. The van der Waals surface area contributed by atoms with Gasteiger partial charge in [0.05, 0.1) is 27.9 Å². The first-order chi connectivity index (χ1) is 15.1. The quantitative estimate of drug-likeness (QED) is 0.403. The van der Waals surface area contributed by atoms with E-state index in [-0.39, 0.29) is 6.10 Å². The molecule has 2 aromatic carbocycles. The molecule has 6 heteroatoms. The number of hydrogen-bond acceptors (Lipinski definition) is 6. The van der Waals surface area contributed by atoms with E-state index >= 15 is 0 Å².